The Labute approximate surface area is 116 Å². The quantitative estimate of drug-likeness (QED) is 0.408. The maximum atomic E-state index is 11.8. The van der Waals surface area contributed by atoms with Crippen molar-refractivity contribution in [1.29, 1.82) is 0 Å². The van der Waals surface area contributed by atoms with E-state index in [1.54, 1.807) is 6.08 Å². The number of hydrogen-bond acceptors (Lipinski definition) is 5. The summed E-state index contributed by atoms with van der Waals surface area (Å²) in [5.74, 6) is 4.70. The van der Waals surface area contributed by atoms with E-state index in [1.165, 1.54) is 0 Å². The summed E-state index contributed by atoms with van der Waals surface area (Å²) in [5, 5.41) is 7.93. The second-order valence-corrected chi connectivity index (χ2v) is 4.43. The van der Waals surface area contributed by atoms with E-state index >= 15 is 0 Å². The third kappa shape index (κ3) is 2.77. The summed E-state index contributed by atoms with van der Waals surface area (Å²) >= 11 is 0. The molecule has 7 heteroatoms. The van der Waals surface area contributed by atoms with Gasteiger partial charge in [-0.15, -0.1) is 0 Å². The van der Waals surface area contributed by atoms with Crippen molar-refractivity contribution >= 4 is 29.5 Å². The van der Waals surface area contributed by atoms with Gasteiger partial charge in [-0.2, -0.15) is 5.10 Å². The number of hydrazone groups is 1. The smallest absolute Gasteiger partial charge is 0.327 e. The maximum Gasteiger partial charge on any atom is 0.327 e. The molecule has 1 aliphatic rings. The molecular formula is C13H15N5O2. The lowest BCUT2D eigenvalue weighted by molar-refractivity contribution is -0.116. The molecule has 3 amide bonds. The van der Waals surface area contributed by atoms with Gasteiger partial charge < -0.3 is 10.7 Å². The zero-order valence-corrected chi connectivity index (χ0v) is 11.2. The van der Waals surface area contributed by atoms with Gasteiger partial charge >= 0.3 is 6.03 Å². The van der Waals surface area contributed by atoms with Gasteiger partial charge in [0.25, 0.3) is 5.91 Å². The van der Waals surface area contributed by atoms with E-state index in [9.17, 15) is 9.59 Å². The first-order chi connectivity index (χ1) is 9.51. The van der Waals surface area contributed by atoms with E-state index < -0.39 is 11.9 Å². The van der Waals surface area contributed by atoms with E-state index in [0.717, 1.165) is 11.3 Å². The van der Waals surface area contributed by atoms with Crippen molar-refractivity contribution in [2.24, 2.45) is 10.9 Å². The molecule has 1 aromatic rings. The molecule has 1 aromatic carbocycles. The van der Waals surface area contributed by atoms with Crippen LogP contribution < -0.4 is 21.4 Å². The predicted molar refractivity (Wildman–Crippen MR) is 77.0 cm³/mol. The van der Waals surface area contributed by atoms with Crippen molar-refractivity contribution in [3.05, 3.63) is 35.4 Å². The first kappa shape index (κ1) is 13.6. The second kappa shape index (κ2) is 5.43. The van der Waals surface area contributed by atoms with Gasteiger partial charge in [-0.25, -0.2) is 4.79 Å². The van der Waals surface area contributed by atoms with Crippen LogP contribution in [0.3, 0.4) is 0 Å². The molecule has 20 heavy (non-hydrogen) atoms. The topological polar surface area (TPSA) is 99.8 Å². The lowest BCUT2D eigenvalue weighted by atomic mass is 10.1. The van der Waals surface area contributed by atoms with Crippen LogP contribution in [0.15, 0.2) is 34.9 Å². The van der Waals surface area contributed by atoms with Crippen molar-refractivity contribution < 1.29 is 9.59 Å². The molecule has 4 N–H and O–H groups in total. The molecule has 2 rings (SSSR count). The van der Waals surface area contributed by atoms with Crippen LogP contribution in [0.1, 0.15) is 5.56 Å². The van der Waals surface area contributed by atoms with E-state index in [1.807, 2.05) is 43.3 Å². The zero-order valence-electron chi connectivity index (χ0n) is 11.2. The summed E-state index contributed by atoms with van der Waals surface area (Å²) in [5.41, 5.74) is 2.06. The van der Waals surface area contributed by atoms with E-state index in [-0.39, 0.29) is 11.4 Å². The highest BCUT2D eigenvalue weighted by atomic mass is 16.2. The number of nitrogens with one attached hydrogen (secondary N) is 2. The molecule has 1 aliphatic heterocycles. The zero-order chi connectivity index (χ0) is 14.7. The molecule has 0 radical (unpaired) electrons. The summed E-state index contributed by atoms with van der Waals surface area (Å²) < 4.78 is 0. The average molecular weight is 273 g/mol. The summed E-state index contributed by atoms with van der Waals surface area (Å²) in [7, 11) is 3.88. The first-order valence-corrected chi connectivity index (χ1v) is 5.91. The van der Waals surface area contributed by atoms with Gasteiger partial charge in [0, 0.05) is 19.8 Å². The van der Waals surface area contributed by atoms with Crippen molar-refractivity contribution in [1.82, 2.24) is 10.6 Å². The van der Waals surface area contributed by atoms with Gasteiger partial charge in [0.05, 0.1) is 5.57 Å². The normalized spacial score (nSPS) is 18.9. The molecule has 1 heterocycles. The van der Waals surface area contributed by atoms with E-state index in [4.69, 9.17) is 5.84 Å². The number of rotatable bonds is 2. The Kier molecular flexibility index (Phi) is 3.69. The fraction of sp³-hybridized carbons (Fsp3) is 0.154. The molecular weight excluding hydrogens is 258 g/mol. The molecule has 0 saturated carbocycles. The van der Waals surface area contributed by atoms with Gasteiger partial charge in [0.15, 0.2) is 5.84 Å². The average Bonchev–Trinajstić information content (AvgIpc) is 2.42. The van der Waals surface area contributed by atoms with Crippen LogP contribution in [0.4, 0.5) is 10.5 Å². The van der Waals surface area contributed by atoms with Crippen molar-refractivity contribution in [3.8, 4) is 0 Å². The third-order valence-electron chi connectivity index (χ3n) is 2.81. The van der Waals surface area contributed by atoms with Crippen LogP contribution in [-0.2, 0) is 4.79 Å². The summed E-state index contributed by atoms with van der Waals surface area (Å²) in [6.07, 6.45) is 1.61. The van der Waals surface area contributed by atoms with Gasteiger partial charge in [0.1, 0.15) is 0 Å². The highest BCUT2D eigenvalue weighted by molar-refractivity contribution is 6.32. The molecule has 1 fully saturated rings. The Morgan fingerprint density at radius 1 is 1.15 bits per heavy atom. The number of nitrogens with zero attached hydrogens (tertiary/aromatic N) is 2. The van der Waals surface area contributed by atoms with Crippen LogP contribution in [0.2, 0.25) is 0 Å². The molecule has 0 aromatic heterocycles. The van der Waals surface area contributed by atoms with Crippen LogP contribution >= 0.6 is 0 Å². The van der Waals surface area contributed by atoms with Crippen LogP contribution in [-0.4, -0.2) is 31.9 Å². The summed E-state index contributed by atoms with van der Waals surface area (Å²) in [6.45, 7) is 0. The maximum absolute atomic E-state index is 11.8. The minimum absolute atomic E-state index is 0.0513. The number of amides is 3. The number of urea groups is 1. The SMILES string of the molecule is CN(C)c1ccc(/C=C2\C(=O)NC(=O)N\C2=N/N)cc1. The Hall–Kier alpha value is -2.83. The van der Waals surface area contributed by atoms with Gasteiger partial charge in [-0.1, -0.05) is 12.1 Å². The van der Waals surface area contributed by atoms with E-state index in [0.29, 0.717) is 0 Å². The summed E-state index contributed by atoms with van der Waals surface area (Å²) in [4.78, 5) is 24.9. The number of benzene rings is 1. The molecule has 0 bridgehead atoms. The number of amidine groups is 1. The highest BCUT2D eigenvalue weighted by Gasteiger charge is 2.25. The standard InChI is InChI=1S/C13H15N5O2/c1-18(2)9-5-3-8(4-6-9)7-10-11(17-14)15-13(20)16-12(10)19/h3-7H,14H2,1-2H3,(H2,15,16,17,19,20)/b10-7-. The van der Waals surface area contributed by atoms with E-state index in [2.05, 4.69) is 15.7 Å². The van der Waals surface area contributed by atoms with Crippen molar-refractivity contribution in [3.63, 3.8) is 0 Å². The van der Waals surface area contributed by atoms with Crippen molar-refractivity contribution in [2.45, 2.75) is 0 Å². The molecule has 0 atom stereocenters. The summed E-state index contributed by atoms with van der Waals surface area (Å²) in [6, 6.07) is 6.93. The number of carbonyl (C=O) groups is 2. The first-order valence-electron chi connectivity index (χ1n) is 5.91. The van der Waals surface area contributed by atoms with Crippen LogP contribution in [0.25, 0.3) is 6.08 Å². The molecule has 0 unspecified atom stereocenters. The van der Waals surface area contributed by atoms with Crippen LogP contribution in [0.5, 0.6) is 0 Å². The van der Waals surface area contributed by atoms with Gasteiger partial charge in [-0.3, -0.25) is 15.4 Å². The third-order valence-corrected chi connectivity index (χ3v) is 2.81. The fourth-order valence-corrected chi connectivity index (χ4v) is 1.76. The van der Waals surface area contributed by atoms with Gasteiger partial charge in [-0.05, 0) is 23.8 Å². The Balaban J connectivity index is 2.33. The van der Waals surface area contributed by atoms with Crippen LogP contribution in [0, 0.1) is 0 Å². The molecule has 1 saturated heterocycles. The number of anilines is 1. The monoisotopic (exact) mass is 273 g/mol. The lowest BCUT2D eigenvalue weighted by Gasteiger charge is -2.17. The number of nitrogens with two attached hydrogens (primary N) is 1. The minimum atomic E-state index is -0.640. The molecule has 7 nitrogen and oxygen atoms in total. The Morgan fingerprint density at radius 2 is 1.80 bits per heavy atom. The van der Waals surface area contributed by atoms with Crippen molar-refractivity contribution in [2.75, 3.05) is 19.0 Å². The largest absolute Gasteiger partial charge is 0.378 e. The fourth-order valence-electron chi connectivity index (χ4n) is 1.76. The minimum Gasteiger partial charge on any atom is -0.378 e. The predicted octanol–water partition coefficient (Wildman–Crippen LogP) is 0.248. The number of imide groups is 1. The highest BCUT2D eigenvalue weighted by Crippen LogP contribution is 2.15. The van der Waals surface area contributed by atoms with Gasteiger partial charge in [0.2, 0.25) is 0 Å². The molecule has 0 spiro atoms. The second-order valence-electron chi connectivity index (χ2n) is 4.43. The molecule has 0 aliphatic carbocycles. The Bertz CT molecular complexity index is 602. The number of hydrogen-bond donors (Lipinski definition) is 3. The lowest BCUT2D eigenvalue weighted by Crippen LogP contribution is -2.51. The number of carbonyl (C=O) groups excluding carboxylic acids is 2. The Morgan fingerprint density at radius 3 is 2.35 bits per heavy atom. The molecule has 104 valence electrons.